The summed E-state index contributed by atoms with van der Waals surface area (Å²) in [6.45, 7) is 2.04. The van der Waals surface area contributed by atoms with Crippen molar-refractivity contribution in [1.82, 2.24) is 0 Å². The maximum atomic E-state index is 12.0. The maximum absolute atomic E-state index is 12.0. The molecule has 0 unspecified atom stereocenters. The average molecular weight is 295 g/mol. The number of unbranched alkanes of at least 4 members (excludes halogenated alkanes) is 1. The molecule has 0 saturated carbocycles. The van der Waals surface area contributed by atoms with Gasteiger partial charge in [0.05, 0.1) is 17.7 Å². The van der Waals surface area contributed by atoms with Crippen molar-refractivity contribution in [1.29, 1.82) is 0 Å². The molecule has 0 radical (unpaired) electrons. The van der Waals surface area contributed by atoms with Crippen LogP contribution in [0.25, 0.3) is 0 Å². The van der Waals surface area contributed by atoms with Crippen molar-refractivity contribution >= 4 is 23.2 Å². The molecule has 0 saturated heterocycles. The van der Waals surface area contributed by atoms with Crippen LogP contribution in [0.3, 0.4) is 0 Å². The Bertz CT molecular complexity index is 617. The predicted molar refractivity (Wildman–Crippen MR) is 75.9 cm³/mol. The van der Waals surface area contributed by atoms with Crippen LogP contribution in [-0.2, 0) is 6.42 Å². The zero-order chi connectivity index (χ0) is 14.9. The highest BCUT2D eigenvalue weighted by Gasteiger charge is 2.31. The third kappa shape index (κ3) is 2.31. The lowest BCUT2D eigenvalue weighted by atomic mass is 9.90. The predicted octanol–water partition coefficient (Wildman–Crippen LogP) is 3.25. The highest BCUT2D eigenvalue weighted by molar-refractivity contribution is 6.49. The van der Waals surface area contributed by atoms with Crippen LogP contribution in [0, 0.1) is 0 Å². The van der Waals surface area contributed by atoms with Gasteiger partial charge in [0.25, 0.3) is 0 Å². The zero-order valence-electron chi connectivity index (χ0n) is 11.3. The number of halogens is 1. The number of allylic oxidation sites excluding steroid dienone is 2. The van der Waals surface area contributed by atoms with Gasteiger partial charge in [-0.15, -0.1) is 0 Å². The van der Waals surface area contributed by atoms with Crippen LogP contribution < -0.4 is 4.74 Å². The SMILES string of the molecule is CCCCc1cc2c(c(O)c1OC)C(=O)C(Cl)=CC2=O. The van der Waals surface area contributed by atoms with E-state index >= 15 is 0 Å². The topological polar surface area (TPSA) is 63.6 Å². The van der Waals surface area contributed by atoms with Crippen LogP contribution in [0.2, 0.25) is 0 Å². The number of ketones is 2. The van der Waals surface area contributed by atoms with Crippen molar-refractivity contribution in [3.8, 4) is 11.5 Å². The molecule has 0 aromatic heterocycles. The van der Waals surface area contributed by atoms with Crippen molar-refractivity contribution in [2.45, 2.75) is 26.2 Å². The fraction of sp³-hybridized carbons (Fsp3) is 0.333. The summed E-state index contributed by atoms with van der Waals surface area (Å²) < 4.78 is 5.18. The zero-order valence-corrected chi connectivity index (χ0v) is 12.1. The van der Waals surface area contributed by atoms with Crippen LogP contribution in [0.1, 0.15) is 46.0 Å². The van der Waals surface area contributed by atoms with Crippen molar-refractivity contribution in [3.63, 3.8) is 0 Å². The molecule has 1 N–H and O–H groups in total. The summed E-state index contributed by atoms with van der Waals surface area (Å²) in [7, 11) is 1.42. The Kier molecular flexibility index (Phi) is 4.14. The largest absolute Gasteiger partial charge is 0.504 e. The van der Waals surface area contributed by atoms with E-state index in [9.17, 15) is 14.7 Å². The minimum atomic E-state index is -0.556. The fourth-order valence-corrected chi connectivity index (χ4v) is 2.48. The smallest absolute Gasteiger partial charge is 0.209 e. The molecule has 20 heavy (non-hydrogen) atoms. The van der Waals surface area contributed by atoms with Gasteiger partial charge in [0.2, 0.25) is 5.78 Å². The van der Waals surface area contributed by atoms with E-state index in [1.165, 1.54) is 7.11 Å². The first-order valence-corrected chi connectivity index (χ1v) is 6.78. The van der Waals surface area contributed by atoms with Crippen molar-refractivity contribution in [2.75, 3.05) is 7.11 Å². The second-order valence-electron chi connectivity index (χ2n) is 4.63. The molecule has 1 aliphatic rings. The molecule has 0 amide bonds. The van der Waals surface area contributed by atoms with Crippen LogP contribution in [0.5, 0.6) is 11.5 Å². The number of benzene rings is 1. The number of carbonyl (C=O) groups is 2. The lowest BCUT2D eigenvalue weighted by molar-refractivity contribution is 0.0987. The normalized spacial score (nSPS) is 14.1. The van der Waals surface area contributed by atoms with Gasteiger partial charge in [0.15, 0.2) is 17.3 Å². The van der Waals surface area contributed by atoms with Crippen LogP contribution >= 0.6 is 11.6 Å². The van der Waals surface area contributed by atoms with E-state index in [1.807, 2.05) is 6.92 Å². The summed E-state index contributed by atoms with van der Waals surface area (Å²) in [6, 6.07) is 1.61. The number of Topliss-reactive ketones (excluding diaryl/α,β-unsaturated/α-hetero) is 1. The number of aromatic hydroxyl groups is 1. The number of rotatable bonds is 4. The second-order valence-corrected chi connectivity index (χ2v) is 5.04. The molecule has 2 rings (SSSR count). The molecule has 106 valence electrons. The highest BCUT2D eigenvalue weighted by Crippen LogP contribution is 2.40. The number of hydrogen-bond donors (Lipinski definition) is 1. The summed E-state index contributed by atoms with van der Waals surface area (Å²) in [5.74, 6) is -0.996. The Morgan fingerprint density at radius 2 is 2.05 bits per heavy atom. The molecular weight excluding hydrogens is 280 g/mol. The number of phenolic OH excluding ortho intramolecular Hbond substituents is 1. The minimum absolute atomic E-state index is 0.0698. The van der Waals surface area contributed by atoms with E-state index in [0.29, 0.717) is 6.42 Å². The standard InChI is InChI=1S/C15H15ClO4/c1-3-4-5-8-6-9-11(17)7-10(16)13(18)12(9)14(19)15(8)20-2/h6-7,19H,3-5H2,1-2H3. The first kappa shape index (κ1) is 14.6. The van der Waals surface area contributed by atoms with E-state index in [1.54, 1.807) is 6.07 Å². The summed E-state index contributed by atoms with van der Waals surface area (Å²) in [4.78, 5) is 24.0. The summed E-state index contributed by atoms with van der Waals surface area (Å²) in [5.41, 5.74) is 0.835. The van der Waals surface area contributed by atoms with Crippen LogP contribution in [0.4, 0.5) is 0 Å². The number of carbonyl (C=O) groups excluding carboxylic acids is 2. The molecule has 0 heterocycles. The monoisotopic (exact) mass is 294 g/mol. The van der Waals surface area contributed by atoms with Gasteiger partial charge in [-0.1, -0.05) is 24.9 Å². The first-order chi connectivity index (χ1) is 9.51. The molecule has 5 heteroatoms. The molecule has 4 nitrogen and oxygen atoms in total. The van der Waals surface area contributed by atoms with Gasteiger partial charge in [-0.2, -0.15) is 0 Å². The molecule has 0 fully saturated rings. The van der Waals surface area contributed by atoms with Gasteiger partial charge in [0, 0.05) is 11.6 Å². The number of fused-ring (bicyclic) bond motifs is 1. The molecule has 1 aliphatic carbocycles. The quantitative estimate of drug-likeness (QED) is 0.926. The van der Waals surface area contributed by atoms with E-state index in [2.05, 4.69) is 0 Å². The Morgan fingerprint density at radius 3 is 2.65 bits per heavy atom. The van der Waals surface area contributed by atoms with Gasteiger partial charge in [-0.3, -0.25) is 9.59 Å². The van der Waals surface area contributed by atoms with Crippen molar-refractivity contribution in [3.05, 3.63) is 33.9 Å². The van der Waals surface area contributed by atoms with E-state index in [4.69, 9.17) is 16.3 Å². The lowest BCUT2D eigenvalue weighted by Crippen LogP contribution is -2.16. The fourth-order valence-electron chi connectivity index (χ4n) is 2.29. The number of aryl methyl sites for hydroxylation is 1. The van der Waals surface area contributed by atoms with E-state index < -0.39 is 5.78 Å². The Morgan fingerprint density at radius 1 is 1.35 bits per heavy atom. The number of hydrogen-bond acceptors (Lipinski definition) is 4. The summed E-state index contributed by atoms with van der Waals surface area (Å²) in [5, 5.41) is 10.0. The number of phenols is 1. The number of ether oxygens (including phenoxy) is 1. The molecule has 1 aromatic carbocycles. The molecule has 1 aromatic rings. The van der Waals surface area contributed by atoms with Crippen LogP contribution in [0.15, 0.2) is 17.2 Å². The number of methoxy groups -OCH3 is 1. The lowest BCUT2D eigenvalue weighted by Gasteiger charge is -2.18. The second kappa shape index (κ2) is 5.67. The highest BCUT2D eigenvalue weighted by atomic mass is 35.5. The molecule has 0 bridgehead atoms. The maximum Gasteiger partial charge on any atom is 0.209 e. The van der Waals surface area contributed by atoms with Gasteiger partial charge in [0.1, 0.15) is 0 Å². The summed E-state index contributed by atoms with van der Waals surface area (Å²) in [6.07, 6.45) is 3.62. The van der Waals surface area contributed by atoms with Gasteiger partial charge in [-0.25, -0.2) is 0 Å². The minimum Gasteiger partial charge on any atom is -0.504 e. The third-order valence-corrected chi connectivity index (χ3v) is 3.58. The molecule has 0 atom stereocenters. The van der Waals surface area contributed by atoms with E-state index in [-0.39, 0.29) is 33.4 Å². The average Bonchev–Trinajstić information content (AvgIpc) is 2.42. The van der Waals surface area contributed by atoms with Gasteiger partial charge in [-0.05, 0) is 24.5 Å². The van der Waals surface area contributed by atoms with Crippen LogP contribution in [-0.4, -0.2) is 23.8 Å². The van der Waals surface area contributed by atoms with Gasteiger partial charge >= 0.3 is 0 Å². The van der Waals surface area contributed by atoms with Crippen molar-refractivity contribution < 1.29 is 19.4 Å². The summed E-state index contributed by atoms with van der Waals surface area (Å²) >= 11 is 5.72. The van der Waals surface area contributed by atoms with Gasteiger partial charge < -0.3 is 9.84 Å². The molecular formula is C15H15ClO4. The first-order valence-electron chi connectivity index (χ1n) is 6.40. The molecule has 0 aliphatic heterocycles. The molecule has 0 spiro atoms. The van der Waals surface area contributed by atoms with E-state index in [0.717, 1.165) is 24.5 Å². The Labute approximate surface area is 122 Å². The van der Waals surface area contributed by atoms with Crippen molar-refractivity contribution in [2.24, 2.45) is 0 Å². The third-order valence-electron chi connectivity index (χ3n) is 3.30. The Balaban J connectivity index is 2.64. The Hall–Kier alpha value is -1.81.